The van der Waals surface area contributed by atoms with Crippen LogP contribution in [0.1, 0.15) is 28.9 Å². The van der Waals surface area contributed by atoms with Crippen molar-refractivity contribution in [1.82, 2.24) is 9.88 Å². The van der Waals surface area contributed by atoms with Crippen LogP contribution in [0, 0.1) is 12.7 Å². The van der Waals surface area contributed by atoms with Crippen LogP contribution in [-0.2, 0) is 9.53 Å². The van der Waals surface area contributed by atoms with Crippen LogP contribution in [0.25, 0.3) is 0 Å². The van der Waals surface area contributed by atoms with Crippen LogP contribution >= 0.6 is 0 Å². The van der Waals surface area contributed by atoms with E-state index < -0.39 is 5.60 Å². The molecule has 146 valence electrons. The molecule has 6 nitrogen and oxygen atoms in total. The minimum absolute atomic E-state index is 0.00917. The SMILES string of the molecule is Cc1ccnc(C(=O)N2CCC3(CC2)CN(c2ccc(F)cc2)C(=O)CO3)c1. The first-order chi connectivity index (χ1) is 13.5. The van der Waals surface area contributed by atoms with Crippen molar-refractivity contribution < 1.29 is 18.7 Å². The minimum Gasteiger partial charge on any atom is -0.363 e. The van der Waals surface area contributed by atoms with Crippen molar-refractivity contribution in [1.29, 1.82) is 0 Å². The van der Waals surface area contributed by atoms with E-state index in [0.29, 0.717) is 43.9 Å². The summed E-state index contributed by atoms with van der Waals surface area (Å²) in [4.78, 5) is 32.7. The van der Waals surface area contributed by atoms with Crippen molar-refractivity contribution in [2.75, 3.05) is 31.1 Å². The van der Waals surface area contributed by atoms with Crippen LogP contribution in [0.4, 0.5) is 10.1 Å². The molecule has 28 heavy (non-hydrogen) atoms. The zero-order chi connectivity index (χ0) is 19.7. The summed E-state index contributed by atoms with van der Waals surface area (Å²) >= 11 is 0. The Bertz CT molecular complexity index is 892. The van der Waals surface area contributed by atoms with Gasteiger partial charge in [-0.15, -0.1) is 0 Å². The second kappa shape index (κ2) is 7.31. The van der Waals surface area contributed by atoms with Crippen molar-refractivity contribution >= 4 is 17.5 Å². The van der Waals surface area contributed by atoms with Crippen molar-refractivity contribution in [2.24, 2.45) is 0 Å². The molecule has 1 aromatic carbocycles. The summed E-state index contributed by atoms with van der Waals surface area (Å²) in [6.07, 6.45) is 2.91. The van der Waals surface area contributed by atoms with E-state index in [9.17, 15) is 14.0 Å². The van der Waals surface area contributed by atoms with E-state index >= 15 is 0 Å². The van der Waals surface area contributed by atoms with Crippen molar-refractivity contribution in [2.45, 2.75) is 25.4 Å². The van der Waals surface area contributed by atoms with E-state index in [0.717, 1.165) is 5.56 Å². The highest BCUT2D eigenvalue weighted by Gasteiger charge is 2.43. The number of amides is 2. The molecule has 0 radical (unpaired) electrons. The van der Waals surface area contributed by atoms with Crippen LogP contribution in [-0.4, -0.2) is 53.5 Å². The molecule has 1 spiro atoms. The lowest BCUT2D eigenvalue weighted by Crippen LogP contribution is -2.59. The number of aromatic nitrogens is 1. The lowest BCUT2D eigenvalue weighted by molar-refractivity contribution is -0.143. The maximum atomic E-state index is 13.2. The lowest BCUT2D eigenvalue weighted by atomic mass is 9.88. The molecule has 0 aliphatic carbocycles. The molecule has 2 aliphatic heterocycles. The van der Waals surface area contributed by atoms with Crippen molar-refractivity contribution in [3.63, 3.8) is 0 Å². The molecular weight excluding hydrogens is 361 g/mol. The van der Waals surface area contributed by atoms with Gasteiger partial charge in [-0.3, -0.25) is 14.6 Å². The first-order valence-corrected chi connectivity index (χ1v) is 9.38. The number of rotatable bonds is 2. The molecule has 3 heterocycles. The van der Waals surface area contributed by atoms with Crippen LogP contribution in [0.5, 0.6) is 0 Å². The summed E-state index contributed by atoms with van der Waals surface area (Å²) in [7, 11) is 0. The Kier molecular flexibility index (Phi) is 4.85. The third-order valence-electron chi connectivity index (χ3n) is 5.48. The van der Waals surface area contributed by atoms with Crippen LogP contribution in [0.3, 0.4) is 0 Å². The molecule has 2 saturated heterocycles. The van der Waals surface area contributed by atoms with Gasteiger partial charge in [0, 0.05) is 25.0 Å². The number of morpholine rings is 1. The predicted octanol–water partition coefficient (Wildman–Crippen LogP) is 2.57. The topological polar surface area (TPSA) is 62.7 Å². The normalized spacial score (nSPS) is 19.1. The summed E-state index contributed by atoms with van der Waals surface area (Å²) in [5, 5.41) is 0. The first-order valence-electron chi connectivity index (χ1n) is 9.38. The van der Waals surface area contributed by atoms with E-state index in [-0.39, 0.29) is 24.2 Å². The second-order valence-corrected chi connectivity index (χ2v) is 7.44. The third kappa shape index (κ3) is 3.62. The highest BCUT2D eigenvalue weighted by Crippen LogP contribution is 2.33. The zero-order valence-corrected chi connectivity index (χ0v) is 15.7. The van der Waals surface area contributed by atoms with Crippen LogP contribution in [0.2, 0.25) is 0 Å². The maximum Gasteiger partial charge on any atom is 0.272 e. The number of anilines is 1. The minimum atomic E-state index is -0.487. The number of nitrogens with zero attached hydrogens (tertiary/aromatic N) is 3. The smallest absolute Gasteiger partial charge is 0.272 e. The fraction of sp³-hybridized carbons (Fsp3) is 0.381. The Morgan fingerprint density at radius 1 is 1.18 bits per heavy atom. The van der Waals surface area contributed by atoms with Gasteiger partial charge in [0.15, 0.2) is 0 Å². The van der Waals surface area contributed by atoms with Gasteiger partial charge >= 0.3 is 0 Å². The quantitative estimate of drug-likeness (QED) is 0.800. The average molecular weight is 383 g/mol. The monoisotopic (exact) mass is 383 g/mol. The molecule has 2 aromatic rings. The van der Waals surface area contributed by atoms with Gasteiger partial charge in [0.1, 0.15) is 18.1 Å². The number of pyridine rings is 1. The van der Waals surface area contributed by atoms with Crippen molar-refractivity contribution in [3.8, 4) is 0 Å². The first kappa shape index (κ1) is 18.6. The van der Waals surface area contributed by atoms with Crippen molar-refractivity contribution in [3.05, 3.63) is 59.7 Å². The summed E-state index contributed by atoms with van der Waals surface area (Å²) in [6, 6.07) is 9.56. The molecule has 0 saturated carbocycles. The van der Waals surface area contributed by atoms with Gasteiger partial charge in [0.25, 0.3) is 11.8 Å². The Balaban J connectivity index is 1.45. The number of carbonyl (C=O) groups excluding carboxylic acids is 2. The zero-order valence-electron chi connectivity index (χ0n) is 15.7. The molecule has 7 heteroatoms. The highest BCUT2D eigenvalue weighted by atomic mass is 19.1. The Hall–Kier alpha value is -2.80. The van der Waals surface area contributed by atoms with Crippen LogP contribution < -0.4 is 4.90 Å². The lowest BCUT2D eigenvalue weighted by Gasteiger charge is -2.46. The number of benzene rings is 1. The van der Waals surface area contributed by atoms with Gasteiger partial charge in [-0.25, -0.2) is 4.39 Å². The molecular formula is C21H22FN3O3. The van der Waals surface area contributed by atoms with Gasteiger partial charge in [-0.2, -0.15) is 0 Å². The maximum absolute atomic E-state index is 13.2. The predicted molar refractivity (Wildman–Crippen MR) is 102 cm³/mol. The Morgan fingerprint density at radius 3 is 2.57 bits per heavy atom. The number of aryl methyl sites for hydroxylation is 1. The largest absolute Gasteiger partial charge is 0.363 e. The molecule has 0 atom stereocenters. The molecule has 0 bridgehead atoms. The Labute approximate surface area is 162 Å². The van der Waals surface area contributed by atoms with Gasteiger partial charge < -0.3 is 14.5 Å². The van der Waals surface area contributed by atoms with E-state index in [1.165, 1.54) is 12.1 Å². The van der Waals surface area contributed by atoms with Gasteiger partial charge in [-0.05, 0) is 61.7 Å². The summed E-state index contributed by atoms with van der Waals surface area (Å²) in [6.45, 7) is 3.41. The molecule has 0 N–H and O–H groups in total. The van der Waals surface area contributed by atoms with Gasteiger partial charge in [0.2, 0.25) is 0 Å². The van der Waals surface area contributed by atoms with E-state index in [1.54, 1.807) is 34.2 Å². The number of ether oxygens (including phenoxy) is 1. The number of piperidine rings is 1. The van der Waals surface area contributed by atoms with E-state index in [2.05, 4.69) is 4.98 Å². The number of carbonyl (C=O) groups is 2. The fourth-order valence-corrected chi connectivity index (χ4v) is 3.81. The molecule has 2 aliphatic rings. The molecule has 2 amide bonds. The summed E-state index contributed by atoms with van der Waals surface area (Å²) in [5.41, 5.74) is 1.62. The number of halogens is 1. The van der Waals surface area contributed by atoms with E-state index in [4.69, 9.17) is 4.74 Å². The summed E-state index contributed by atoms with van der Waals surface area (Å²) in [5.74, 6) is -0.559. The molecule has 4 rings (SSSR count). The number of hydrogen-bond donors (Lipinski definition) is 0. The number of hydrogen-bond acceptors (Lipinski definition) is 4. The summed E-state index contributed by atoms with van der Waals surface area (Å²) < 4.78 is 19.1. The molecule has 2 fully saturated rings. The number of likely N-dealkylation sites (tertiary alicyclic amines) is 1. The van der Waals surface area contributed by atoms with Crippen LogP contribution in [0.15, 0.2) is 42.6 Å². The molecule has 1 aromatic heterocycles. The standard InChI is InChI=1S/C21H22FN3O3/c1-15-6-9-23-18(12-15)20(27)24-10-7-21(8-11-24)14-25(19(26)13-28-21)17-4-2-16(22)3-5-17/h2-6,9,12H,7-8,10-11,13-14H2,1H3. The third-order valence-corrected chi connectivity index (χ3v) is 5.48. The van der Waals surface area contributed by atoms with Gasteiger partial charge in [-0.1, -0.05) is 0 Å². The Morgan fingerprint density at radius 2 is 1.89 bits per heavy atom. The molecule has 0 unspecified atom stereocenters. The second-order valence-electron chi connectivity index (χ2n) is 7.44. The van der Waals surface area contributed by atoms with Gasteiger partial charge in [0.05, 0.1) is 12.1 Å². The fourth-order valence-electron chi connectivity index (χ4n) is 3.81. The highest BCUT2D eigenvalue weighted by molar-refractivity contribution is 5.95. The van der Waals surface area contributed by atoms with E-state index in [1.807, 2.05) is 13.0 Å². The average Bonchev–Trinajstić information content (AvgIpc) is 2.71.